The minimum Gasteiger partial charge on any atom is -0.465 e. The fraction of sp³-hybridized carbons (Fsp3) is 0.286. The highest BCUT2D eigenvalue weighted by atomic mass is 32.2. The van der Waals surface area contributed by atoms with Gasteiger partial charge >= 0.3 is 5.97 Å². The first kappa shape index (κ1) is 21.0. The number of hydrogen-bond donors (Lipinski definition) is 1. The highest BCUT2D eigenvalue weighted by Gasteiger charge is 2.34. The zero-order valence-corrected chi connectivity index (χ0v) is 17.7. The van der Waals surface area contributed by atoms with Crippen molar-refractivity contribution in [3.05, 3.63) is 60.4 Å². The summed E-state index contributed by atoms with van der Waals surface area (Å²) in [7, 11) is -2.68. The van der Waals surface area contributed by atoms with Crippen molar-refractivity contribution in [3.8, 4) is 0 Å². The maximum Gasteiger partial charge on any atom is 0.339 e. The number of carbonyl (C=O) groups excluding carboxylic acids is 2. The van der Waals surface area contributed by atoms with E-state index in [1.807, 2.05) is 24.3 Å². The van der Waals surface area contributed by atoms with Crippen molar-refractivity contribution >= 4 is 32.9 Å². The summed E-state index contributed by atoms with van der Waals surface area (Å²) >= 11 is 0. The molecular weight excluding hydrogens is 420 g/mol. The number of amides is 1. The van der Waals surface area contributed by atoms with Gasteiger partial charge in [-0.2, -0.15) is 4.31 Å². The van der Waals surface area contributed by atoms with Crippen LogP contribution in [0.2, 0.25) is 0 Å². The number of fused-ring (bicyclic) bond motifs is 1. The number of esters is 1. The van der Waals surface area contributed by atoms with Crippen LogP contribution in [0.15, 0.2) is 59.8 Å². The molecule has 10 heteroatoms. The van der Waals surface area contributed by atoms with Gasteiger partial charge in [-0.1, -0.05) is 24.3 Å². The molecule has 4 rings (SSSR count). The summed E-state index contributed by atoms with van der Waals surface area (Å²) in [5.74, 6) is -1.22. The number of benzene rings is 2. The van der Waals surface area contributed by atoms with Gasteiger partial charge in [0.05, 0.1) is 28.6 Å². The topological polar surface area (TPSA) is 111 Å². The third-order valence-electron chi connectivity index (χ3n) is 5.42. The second kappa shape index (κ2) is 8.48. The molecule has 0 spiro atoms. The highest BCUT2D eigenvalue weighted by Crippen LogP contribution is 2.26. The smallest absolute Gasteiger partial charge is 0.339 e. The van der Waals surface area contributed by atoms with Crippen LogP contribution in [0.5, 0.6) is 0 Å². The summed E-state index contributed by atoms with van der Waals surface area (Å²) in [5, 5.41) is 0. The lowest BCUT2D eigenvalue weighted by atomic mass is 9.98. The number of methoxy groups -OCH3 is 1. The van der Waals surface area contributed by atoms with E-state index in [2.05, 4.69) is 10.4 Å². The van der Waals surface area contributed by atoms with Gasteiger partial charge in [0.1, 0.15) is 6.33 Å². The van der Waals surface area contributed by atoms with Crippen molar-refractivity contribution in [2.45, 2.75) is 17.7 Å². The second-order valence-electron chi connectivity index (χ2n) is 7.25. The molecule has 0 aliphatic carbocycles. The minimum atomic E-state index is -3.89. The Morgan fingerprint density at radius 2 is 1.74 bits per heavy atom. The highest BCUT2D eigenvalue weighted by molar-refractivity contribution is 7.89. The van der Waals surface area contributed by atoms with Crippen LogP contribution in [0.4, 0.5) is 0 Å². The largest absolute Gasteiger partial charge is 0.465 e. The minimum absolute atomic E-state index is 0.00291. The van der Waals surface area contributed by atoms with Gasteiger partial charge < -0.3 is 4.74 Å². The number of piperidine rings is 1. The quantitative estimate of drug-likeness (QED) is 0.605. The summed E-state index contributed by atoms with van der Waals surface area (Å²) in [4.78, 5) is 28.9. The molecule has 2 aromatic carbocycles. The van der Waals surface area contributed by atoms with E-state index in [-0.39, 0.29) is 35.4 Å². The second-order valence-corrected chi connectivity index (χ2v) is 9.15. The third kappa shape index (κ3) is 4.04. The first-order valence-electron chi connectivity index (χ1n) is 9.82. The molecule has 1 N–H and O–H groups in total. The number of aromatic nitrogens is 2. The number of rotatable bonds is 5. The Labute approximate surface area is 179 Å². The number of carbonyl (C=O) groups is 2. The molecule has 2 heterocycles. The van der Waals surface area contributed by atoms with Crippen molar-refractivity contribution in [2.24, 2.45) is 5.92 Å². The Bertz CT molecular complexity index is 1230. The van der Waals surface area contributed by atoms with Crippen LogP contribution < -0.4 is 5.43 Å². The molecule has 31 heavy (non-hydrogen) atoms. The first-order chi connectivity index (χ1) is 14.9. The van der Waals surface area contributed by atoms with Gasteiger partial charge in [-0.05, 0) is 37.1 Å². The van der Waals surface area contributed by atoms with Crippen LogP contribution in [0.25, 0.3) is 11.0 Å². The van der Waals surface area contributed by atoms with Crippen LogP contribution in [0.3, 0.4) is 0 Å². The lowest BCUT2D eigenvalue weighted by molar-refractivity contribution is -0.121. The SMILES string of the molecule is COC(=O)c1ccccc1S(=O)(=O)N1CCC(C(=O)Nn2cnc3ccccc32)CC1. The van der Waals surface area contributed by atoms with E-state index < -0.39 is 16.0 Å². The number of imidazole rings is 1. The summed E-state index contributed by atoms with van der Waals surface area (Å²) < 4.78 is 33.8. The van der Waals surface area contributed by atoms with Gasteiger partial charge in [-0.15, -0.1) is 0 Å². The fourth-order valence-corrected chi connectivity index (χ4v) is 5.38. The number of ether oxygens (including phenoxy) is 1. The van der Waals surface area contributed by atoms with E-state index in [9.17, 15) is 18.0 Å². The fourth-order valence-electron chi connectivity index (χ4n) is 3.73. The molecule has 0 atom stereocenters. The lowest BCUT2D eigenvalue weighted by Crippen LogP contribution is -2.42. The van der Waals surface area contributed by atoms with Gasteiger partial charge in [0.25, 0.3) is 0 Å². The normalized spacial score (nSPS) is 15.6. The van der Waals surface area contributed by atoms with Crippen molar-refractivity contribution < 1.29 is 22.7 Å². The van der Waals surface area contributed by atoms with Gasteiger partial charge in [-0.25, -0.2) is 22.9 Å². The average Bonchev–Trinajstić information content (AvgIpc) is 3.21. The first-order valence-corrected chi connectivity index (χ1v) is 11.3. The molecule has 1 aliphatic heterocycles. The number of sulfonamides is 1. The monoisotopic (exact) mass is 442 g/mol. The maximum absolute atomic E-state index is 13.1. The Hall–Kier alpha value is -3.24. The zero-order valence-electron chi connectivity index (χ0n) is 16.9. The Morgan fingerprint density at radius 1 is 1.06 bits per heavy atom. The van der Waals surface area contributed by atoms with Crippen LogP contribution in [-0.2, 0) is 19.6 Å². The van der Waals surface area contributed by atoms with Crippen molar-refractivity contribution in [1.29, 1.82) is 0 Å². The molecule has 0 bridgehead atoms. The van der Waals surface area contributed by atoms with Crippen molar-refractivity contribution in [1.82, 2.24) is 14.0 Å². The molecular formula is C21H22N4O5S. The van der Waals surface area contributed by atoms with Crippen molar-refractivity contribution in [2.75, 3.05) is 25.6 Å². The molecule has 1 aliphatic rings. The standard InChI is InChI=1S/C21H22N4O5S/c1-30-21(27)16-6-2-5-9-19(16)31(28,29)24-12-10-15(11-13-24)20(26)23-25-14-22-17-7-3-4-8-18(17)25/h2-9,14-15H,10-13H2,1H3,(H,23,26). The van der Waals surface area contributed by atoms with Gasteiger partial charge in [0.2, 0.25) is 15.9 Å². The molecule has 162 valence electrons. The number of hydrogen-bond acceptors (Lipinski definition) is 6. The van der Waals surface area contributed by atoms with E-state index in [1.165, 1.54) is 23.5 Å². The molecule has 3 aromatic rings. The number of nitrogens with zero attached hydrogens (tertiary/aromatic N) is 3. The number of para-hydroxylation sites is 2. The number of nitrogens with one attached hydrogen (secondary N) is 1. The van der Waals surface area contributed by atoms with E-state index in [4.69, 9.17) is 4.74 Å². The molecule has 0 radical (unpaired) electrons. The van der Waals surface area contributed by atoms with Crippen molar-refractivity contribution in [3.63, 3.8) is 0 Å². The van der Waals surface area contributed by atoms with Gasteiger partial charge in [-0.3, -0.25) is 10.2 Å². The molecule has 1 amide bonds. The molecule has 0 saturated carbocycles. The van der Waals surface area contributed by atoms with Crippen LogP contribution in [0.1, 0.15) is 23.2 Å². The van der Waals surface area contributed by atoms with E-state index in [0.29, 0.717) is 12.8 Å². The Kier molecular flexibility index (Phi) is 5.75. The Balaban J connectivity index is 1.45. The molecule has 1 aromatic heterocycles. The summed E-state index contributed by atoms with van der Waals surface area (Å²) in [6.07, 6.45) is 2.29. The summed E-state index contributed by atoms with van der Waals surface area (Å²) in [6.45, 7) is 0.362. The van der Waals surface area contributed by atoms with E-state index in [0.717, 1.165) is 11.0 Å². The molecule has 1 saturated heterocycles. The summed E-state index contributed by atoms with van der Waals surface area (Å²) in [6, 6.07) is 13.4. The molecule has 0 unspecified atom stereocenters. The average molecular weight is 442 g/mol. The third-order valence-corrected chi connectivity index (χ3v) is 7.38. The van der Waals surface area contributed by atoms with Crippen LogP contribution >= 0.6 is 0 Å². The molecule has 9 nitrogen and oxygen atoms in total. The zero-order chi connectivity index (χ0) is 22.0. The van der Waals surface area contributed by atoms with Crippen LogP contribution in [0, 0.1) is 5.92 Å². The van der Waals surface area contributed by atoms with E-state index >= 15 is 0 Å². The van der Waals surface area contributed by atoms with Gasteiger partial charge in [0.15, 0.2) is 0 Å². The predicted molar refractivity (Wildman–Crippen MR) is 113 cm³/mol. The Morgan fingerprint density at radius 3 is 2.48 bits per heavy atom. The van der Waals surface area contributed by atoms with Crippen LogP contribution in [-0.4, -0.2) is 54.5 Å². The summed E-state index contributed by atoms with van der Waals surface area (Å²) in [5.41, 5.74) is 4.39. The van der Waals surface area contributed by atoms with Gasteiger partial charge in [0, 0.05) is 19.0 Å². The van der Waals surface area contributed by atoms with E-state index in [1.54, 1.807) is 23.1 Å². The maximum atomic E-state index is 13.1. The lowest BCUT2D eigenvalue weighted by Gasteiger charge is -2.31. The predicted octanol–water partition coefficient (Wildman–Crippen LogP) is 1.99. The molecule has 1 fully saturated rings.